The summed E-state index contributed by atoms with van der Waals surface area (Å²) >= 11 is 7.24. The molecule has 1 fully saturated rings. The first-order valence-electron chi connectivity index (χ1n) is 30.6. The van der Waals surface area contributed by atoms with Crippen LogP contribution in [-0.4, -0.2) is 230 Å². The molecule has 1 aliphatic carbocycles. The van der Waals surface area contributed by atoms with E-state index in [1.54, 1.807) is 14.7 Å². The number of carbonyl (C=O) groups excluding carboxylic acids is 2. The molecule has 4 aliphatic rings. The zero-order valence-corrected chi connectivity index (χ0v) is 51.3. The van der Waals surface area contributed by atoms with Gasteiger partial charge in [-0.3, -0.25) is 48.4 Å². The van der Waals surface area contributed by atoms with E-state index in [2.05, 4.69) is 107 Å². The van der Waals surface area contributed by atoms with Crippen molar-refractivity contribution in [3.63, 3.8) is 0 Å². The second-order valence-corrected chi connectivity index (χ2v) is 23.2. The molecule has 21 nitrogen and oxygen atoms in total. The standard InChI is InChI=1S/C64H91ClN8O13/c1-64(2)53-17-8-10-19-55(53)73(29-12-4-6-21-59(76)77)56(64)25-23-50-16-13-15-49(63(50)65)22-24-52-44-51-14-7-9-18-54(51)72(52)28-11-3-5-20-57(74)66-26-38-84-40-42-86-43-41-85-39-27-67-58(75)45-68-30-32-69(46-60(78)79)34-36-71(48-62(82)83)37-35-70(33-31-68)47-61(80)81/h7-10,14,17-19,22-25H,3-6,11-13,15-16,20-21,26-48H2,1-2H3,(H5-,66,67,74,75,76,77,78,79,80,81,82,83)/p+1. The second-order valence-electron chi connectivity index (χ2n) is 22.9. The molecular formula is C64H92ClN8O13+. The van der Waals surface area contributed by atoms with Gasteiger partial charge in [0.15, 0.2) is 5.71 Å². The van der Waals surface area contributed by atoms with Crippen molar-refractivity contribution in [2.45, 2.75) is 96.3 Å². The zero-order valence-electron chi connectivity index (χ0n) is 50.5. The summed E-state index contributed by atoms with van der Waals surface area (Å²) < 4.78 is 19.3. The number of hydrogen-bond acceptors (Lipinski definition) is 14. The van der Waals surface area contributed by atoms with Crippen molar-refractivity contribution in [1.29, 1.82) is 0 Å². The number of allylic oxidation sites excluding steroid dienone is 8. The lowest BCUT2D eigenvalue weighted by atomic mass is 9.81. The van der Waals surface area contributed by atoms with Gasteiger partial charge in [0.2, 0.25) is 17.5 Å². The molecule has 2 amide bonds. The Bertz CT molecular complexity index is 2710. The maximum absolute atomic E-state index is 12.9. The van der Waals surface area contributed by atoms with Crippen LogP contribution in [0.5, 0.6) is 0 Å². The summed E-state index contributed by atoms with van der Waals surface area (Å²) in [5.74, 6) is -4.06. The van der Waals surface area contributed by atoms with Gasteiger partial charge in [0.1, 0.15) is 6.54 Å². The van der Waals surface area contributed by atoms with Gasteiger partial charge in [-0.15, -0.1) is 0 Å². The second kappa shape index (κ2) is 36.8. The molecule has 3 heterocycles. The maximum Gasteiger partial charge on any atom is 0.317 e. The summed E-state index contributed by atoms with van der Waals surface area (Å²) in [6.07, 6.45) is 18.3. The van der Waals surface area contributed by atoms with Gasteiger partial charge < -0.3 is 50.2 Å². The number of unbranched alkanes of at least 4 members (excludes halogenated alkanes) is 4. The molecule has 0 aromatic heterocycles. The molecule has 2 aromatic rings. The van der Waals surface area contributed by atoms with Crippen molar-refractivity contribution in [2.24, 2.45) is 0 Å². The summed E-state index contributed by atoms with van der Waals surface area (Å²) in [5.41, 5.74) is 9.57. The Balaban J connectivity index is 0.837. The average molecular weight is 1220 g/mol. The molecule has 0 bridgehead atoms. The fourth-order valence-electron chi connectivity index (χ4n) is 11.4. The van der Waals surface area contributed by atoms with Crippen LogP contribution in [-0.2, 0) is 54.8 Å². The van der Waals surface area contributed by atoms with E-state index in [0.717, 1.165) is 87.1 Å². The Morgan fingerprint density at radius 1 is 0.593 bits per heavy atom. The molecule has 6 N–H and O–H groups in total. The average Bonchev–Trinajstić information content (AvgIpc) is 1.65. The number of ether oxygens (including phenoxy) is 3. The molecule has 0 atom stereocenters. The van der Waals surface area contributed by atoms with E-state index < -0.39 is 23.9 Å². The van der Waals surface area contributed by atoms with Crippen LogP contribution in [0.1, 0.15) is 95.6 Å². The van der Waals surface area contributed by atoms with Gasteiger partial charge >= 0.3 is 23.9 Å². The van der Waals surface area contributed by atoms with Crippen molar-refractivity contribution >= 4 is 64.4 Å². The molecule has 86 heavy (non-hydrogen) atoms. The minimum absolute atomic E-state index is 0.00202. The van der Waals surface area contributed by atoms with E-state index in [9.17, 15) is 44.1 Å². The smallest absolute Gasteiger partial charge is 0.317 e. The number of anilines is 1. The van der Waals surface area contributed by atoms with Crippen molar-refractivity contribution in [1.82, 2.24) is 30.2 Å². The highest BCUT2D eigenvalue weighted by Crippen LogP contribution is 2.41. The number of nitrogens with zero attached hydrogens (tertiary/aromatic N) is 6. The predicted molar refractivity (Wildman–Crippen MR) is 331 cm³/mol. The number of nitrogens with one attached hydrogen (secondary N) is 2. The Morgan fingerprint density at radius 2 is 1.13 bits per heavy atom. The van der Waals surface area contributed by atoms with Gasteiger partial charge in [-0.2, -0.15) is 4.58 Å². The highest BCUT2D eigenvalue weighted by molar-refractivity contribution is 6.32. The number of carboxylic acid groups (broad SMARTS) is 4. The van der Waals surface area contributed by atoms with Gasteiger partial charge in [-0.25, -0.2) is 0 Å². The predicted octanol–water partition coefficient (Wildman–Crippen LogP) is 6.13. The number of carboxylic acids is 4. The highest BCUT2D eigenvalue weighted by atomic mass is 35.5. The molecule has 0 radical (unpaired) electrons. The third-order valence-corrected chi connectivity index (χ3v) is 16.5. The largest absolute Gasteiger partial charge is 0.481 e. The highest BCUT2D eigenvalue weighted by Gasteiger charge is 2.44. The first-order chi connectivity index (χ1) is 41.5. The molecule has 0 saturated carbocycles. The van der Waals surface area contributed by atoms with Gasteiger partial charge in [0.25, 0.3) is 0 Å². The minimum atomic E-state index is -1.03. The third-order valence-electron chi connectivity index (χ3n) is 16.0. The summed E-state index contributed by atoms with van der Waals surface area (Å²) in [6, 6.07) is 17.1. The Kier molecular flexibility index (Phi) is 29.4. The number of rotatable bonds is 35. The van der Waals surface area contributed by atoms with Crippen LogP contribution in [0.2, 0.25) is 0 Å². The van der Waals surface area contributed by atoms with Crippen molar-refractivity contribution in [3.8, 4) is 0 Å². The van der Waals surface area contributed by atoms with Gasteiger partial charge in [-0.05, 0) is 87.6 Å². The molecular weight excluding hydrogens is 1120 g/mol. The number of para-hydroxylation sites is 2. The molecule has 1 saturated heterocycles. The van der Waals surface area contributed by atoms with Gasteiger partial charge in [0.05, 0.1) is 71.2 Å². The van der Waals surface area contributed by atoms with E-state index >= 15 is 0 Å². The molecule has 0 spiro atoms. The first kappa shape index (κ1) is 68.8. The van der Waals surface area contributed by atoms with Crippen LogP contribution in [0.4, 0.5) is 11.4 Å². The summed E-state index contributed by atoms with van der Waals surface area (Å²) in [6.45, 7) is 10.7. The number of benzene rings is 2. The quantitative estimate of drug-likeness (QED) is 0.0335. The zero-order chi connectivity index (χ0) is 61.7. The van der Waals surface area contributed by atoms with E-state index in [1.807, 2.05) is 4.90 Å². The molecule has 2 aromatic carbocycles. The lowest BCUT2D eigenvalue weighted by Crippen LogP contribution is -2.50. The summed E-state index contributed by atoms with van der Waals surface area (Å²) in [4.78, 5) is 80.7. The monoisotopic (exact) mass is 1220 g/mol. The Labute approximate surface area is 511 Å². The first-order valence-corrected chi connectivity index (χ1v) is 31.0. The van der Waals surface area contributed by atoms with Crippen LogP contribution in [0, 0.1) is 0 Å². The Hall–Kier alpha value is -6.30. The number of carbonyl (C=O) groups is 6. The number of halogens is 1. The molecule has 472 valence electrons. The molecule has 3 aliphatic heterocycles. The lowest BCUT2D eigenvalue weighted by Gasteiger charge is -2.32. The number of aliphatic carboxylic acids is 4. The van der Waals surface area contributed by atoms with E-state index in [1.165, 1.54) is 33.9 Å². The Morgan fingerprint density at radius 3 is 1.73 bits per heavy atom. The van der Waals surface area contributed by atoms with Crippen LogP contribution in [0.15, 0.2) is 94.7 Å². The molecule has 6 rings (SSSR count). The number of amides is 2. The number of hydrogen-bond donors (Lipinski definition) is 6. The SMILES string of the molecule is CC1(C)C(/C=C/C2=C(Cl)C(=C/C=C3Cc4ccccc4N3CCCCCC(=O)NCCOCCOCCOCCNC(=O)CN3CCN(CC(=O)O)CCN(CC(=O)O)CCN(CC(=O)O)CC3)/CCC2)=[N+](CCCCCC(=O)O)c2ccccc21. The van der Waals surface area contributed by atoms with Crippen LogP contribution >= 0.6 is 11.6 Å². The minimum Gasteiger partial charge on any atom is -0.481 e. The third kappa shape index (κ3) is 23.4. The lowest BCUT2D eigenvalue weighted by molar-refractivity contribution is -0.438. The van der Waals surface area contributed by atoms with E-state index in [4.69, 9.17) is 30.9 Å². The summed E-state index contributed by atoms with van der Waals surface area (Å²) in [5, 5.41) is 44.1. The maximum atomic E-state index is 12.9. The van der Waals surface area contributed by atoms with Crippen LogP contribution in [0.25, 0.3) is 0 Å². The van der Waals surface area contributed by atoms with E-state index in [0.29, 0.717) is 105 Å². The van der Waals surface area contributed by atoms with Gasteiger partial charge in [-0.1, -0.05) is 66.6 Å². The fourth-order valence-corrected chi connectivity index (χ4v) is 11.7. The molecule has 22 heteroatoms. The normalized spacial score (nSPS) is 18.3. The van der Waals surface area contributed by atoms with Crippen molar-refractivity contribution in [2.75, 3.05) is 149 Å². The van der Waals surface area contributed by atoms with Crippen molar-refractivity contribution < 1.29 is 68.0 Å². The van der Waals surface area contributed by atoms with E-state index in [-0.39, 0.29) is 63.0 Å². The van der Waals surface area contributed by atoms with Gasteiger partial charge in [0, 0.05) is 132 Å². The number of fused-ring (bicyclic) bond motifs is 2. The van der Waals surface area contributed by atoms with Crippen LogP contribution in [0.3, 0.4) is 0 Å². The fraction of sp³-hybridized carbons (Fsp3) is 0.578. The van der Waals surface area contributed by atoms with Crippen LogP contribution < -0.4 is 15.5 Å². The summed E-state index contributed by atoms with van der Waals surface area (Å²) in [7, 11) is 0. The topological polar surface area (TPSA) is 254 Å². The van der Waals surface area contributed by atoms with Crippen molar-refractivity contribution in [3.05, 3.63) is 106 Å². The molecule has 0 unspecified atom stereocenters.